The molecule has 2 amide bonds. The van der Waals surface area contributed by atoms with E-state index < -0.39 is 50.8 Å². The summed E-state index contributed by atoms with van der Waals surface area (Å²) in [7, 11) is -2.68. The van der Waals surface area contributed by atoms with E-state index in [1.165, 1.54) is 35.0 Å². The quantitative estimate of drug-likeness (QED) is 0.187. The van der Waals surface area contributed by atoms with Gasteiger partial charge < -0.3 is 15.7 Å². The fourth-order valence-electron chi connectivity index (χ4n) is 5.58. The smallest absolute Gasteiger partial charge is 0.326 e. The number of rotatable bonds is 11. The molecule has 0 saturated heterocycles. The average molecular weight is 682 g/mol. The van der Waals surface area contributed by atoms with Crippen LogP contribution in [0, 0.1) is 11.6 Å². The molecule has 4 N–H and O–H groups in total. The minimum Gasteiger partial charge on any atom is -0.480 e. The standard InChI is InChI=1S/C33H33F2N5O7S/c1-39-16-15-29(41)40(39)24-11-7-20(8-12-24)17-28(33(44)45)37-32(43)30-26(34)18-23(19-27(30)35)38-48(46,47)25-13-9-21(10-14-25)31(42)36-22-5-3-2-4-6-22/h7-16,18-19,22,28,38H,2-6,17H2,1H3,(H,36,42)(H,37,43)(H,44,45)/t28-/m0/s1. The van der Waals surface area contributed by atoms with Crippen molar-refractivity contribution in [3.05, 3.63) is 112 Å². The Morgan fingerprint density at radius 2 is 1.54 bits per heavy atom. The molecule has 1 atom stereocenters. The number of halogens is 2. The lowest BCUT2D eigenvalue weighted by Gasteiger charge is -2.22. The van der Waals surface area contributed by atoms with E-state index in [0.29, 0.717) is 23.4 Å². The summed E-state index contributed by atoms with van der Waals surface area (Å²) in [5.74, 6) is -6.02. The van der Waals surface area contributed by atoms with Gasteiger partial charge in [0, 0.05) is 37.3 Å². The van der Waals surface area contributed by atoms with Crippen LogP contribution in [-0.4, -0.2) is 52.8 Å². The molecule has 1 aliphatic rings. The number of carboxylic acids is 1. The third-order valence-corrected chi connectivity index (χ3v) is 9.47. The SMILES string of the molecule is Cn1ccc(=O)n1-c1ccc(C[C@H](NC(=O)c2c(F)cc(NS(=O)(=O)c3ccc(C(=O)NC4CCCCC4)cc3)cc2F)C(=O)O)cc1. The van der Waals surface area contributed by atoms with Crippen LogP contribution in [0.15, 0.2) is 82.6 Å². The van der Waals surface area contributed by atoms with Gasteiger partial charge in [-0.25, -0.2) is 26.7 Å². The number of hydrogen-bond acceptors (Lipinski definition) is 6. The summed E-state index contributed by atoms with van der Waals surface area (Å²) in [4.78, 5) is 49.1. The first-order valence-electron chi connectivity index (χ1n) is 15.1. The lowest BCUT2D eigenvalue weighted by Crippen LogP contribution is -2.43. The lowest BCUT2D eigenvalue weighted by atomic mass is 9.95. The van der Waals surface area contributed by atoms with Gasteiger partial charge in [-0.2, -0.15) is 0 Å². The second-order valence-electron chi connectivity index (χ2n) is 11.5. The summed E-state index contributed by atoms with van der Waals surface area (Å²) in [6, 6.07) is 12.4. The summed E-state index contributed by atoms with van der Waals surface area (Å²) < 4.78 is 60.9. The summed E-state index contributed by atoms with van der Waals surface area (Å²) >= 11 is 0. The number of carboxylic acid groups (broad SMARTS) is 1. The zero-order valence-electron chi connectivity index (χ0n) is 25.8. The van der Waals surface area contributed by atoms with Gasteiger partial charge in [0.2, 0.25) is 0 Å². The zero-order chi connectivity index (χ0) is 34.6. The number of nitrogens with zero attached hydrogens (tertiary/aromatic N) is 2. The molecular formula is C33H33F2N5O7S. The van der Waals surface area contributed by atoms with E-state index in [-0.39, 0.29) is 34.4 Å². The van der Waals surface area contributed by atoms with E-state index in [0.717, 1.165) is 32.1 Å². The molecule has 1 aliphatic carbocycles. The van der Waals surface area contributed by atoms with Crippen LogP contribution in [0.1, 0.15) is 58.4 Å². The van der Waals surface area contributed by atoms with Crippen LogP contribution < -0.4 is 20.9 Å². The number of sulfonamides is 1. The van der Waals surface area contributed by atoms with Crippen molar-refractivity contribution < 1.29 is 36.7 Å². The van der Waals surface area contributed by atoms with Gasteiger partial charge in [0.25, 0.3) is 27.4 Å². The highest BCUT2D eigenvalue weighted by molar-refractivity contribution is 7.92. The first kappa shape index (κ1) is 34.0. The number of benzene rings is 3. The second-order valence-corrected chi connectivity index (χ2v) is 13.2. The van der Waals surface area contributed by atoms with Crippen LogP contribution in [0.4, 0.5) is 14.5 Å². The fraction of sp³-hybridized carbons (Fsp3) is 0.273. The Kier molecular flexibility index (Phi) is 10.1. The van der Waals surface area contributed by atoms with E-state index >= 15 is 8.78 Å². The molecule has 0 unspecified atom stereocenters. The highest BCUT2D eigenvalue weighted by Crippen LogP contribution is 2.23. The Morgan fingerprint density at radius 3 is 2.10 bits per heavy atom. The fourth-order valence-corrected chi connectivity index (χ4v) is 6.62. The summed E-state index contributed by atoms with van der Waals surface area (Å²) in [5, 5.41) is 14.7. The number of carbonyl (C=O) groups is 3. The Balaban J connectivity index is 1.24. The molecule has 4 aromatic rings. The molecule has 1 saturated carbocycles. The molecule has 48 heavy (non-hydrogen) atoms. The molecule has 0 bridgehead atoms. The maximum absolute atomic E-state index is 15.0. The summed E-state index contributed by atoms with van der Waals surface area (Å²) in [5.41, 5.74) is -0.664. The number of aromatic nitrogens is 2. The molecule has 12 nitrogen and oxygen atoms in total. The van der Waals surface area contributed by atoms with Gasteiger partial charge in [-0.15, -0.1) is 0 Å². The highest BCUT2D eigenvalue weighted by Gasteiger charge is 2.27. The van der Waals surface area contributed by atoms with Crippen molar-refractivity contribution in [1.82, 2.24) is 20.0 Å². The average Bonchev–Trinajstić information content (AvgIpc) is 3.38. The predicted molar refractivity (Wildman–Crippen MR) is 172 cm³/mol. The first-order valence-corrected chi connectivity index (χ1v) is 16.6. The molecule has 1 fully saturated rings. The van der Waals surface area contributed by atoms with Crippen LogP contribution in [0.5, 0.6) is 0 Å². The van der Waals surface area contributed by atoms with Gasteiger partial charge in [0.05, 0.1) is 16.3 Å². The molecule has 3 aromatic carbocycles. The Morgan fingerprint density at radius 1 is 0.917 bits per heavy atom. The molecule has 1 aromatic heterocycles. The third-order valence-electron chi connectivity index (χ3n) is 8.07. The first-order chi connectivity index (χ1) is 22.8. The highest BCUT2D eigenvalue weighted by atomic mass is 32.2. The normalized spacial score (nSPS) is 14.2. The maximum Gasteiger partial charge on any atom is 0.326 e. The van der Waals surface area contributed by atoms with Crippen molar-refractivity contribution in [2.24, 2.45) is 7.05 Å². The van der Waals surface area contributed by atoms with Gasteiger partial charge >= 0.3 is 5.97 Å². The van der Waals surface area contributed by atoms with Crippen molar-refractivity contribution in [1.29, 1.82) is 0 Å². The number of aryl methyl sites for hydroxylation is 1. The van der Waals surface area contributed by atoms with Crippen LogP contribution >= 0.6 is 0 Å². The molecule has 0 aliphatic heterocycles. The number of anilines is 1. The molecule has 0 radical (unpaired) electrons. The van der Waals surface area contributed by atoms with E-state index in [4.69, 9.17) is 0 Å². The topological polar surface area (TPSA) is 169 Å². The number of carbonyl (C=O) groups excluding carboxylic acids is 2. The van der Waals surface area contributed by atoms with Crippen molar-refractivity contribution in [3.63, 3.8) is 0 Å². The Hall–Kier alpha value is -5.31. The molecule has 252 valence electrons. The molecule has 1 heterocycles. The second kappa shape index (κ2) is 14.2. The number of amides is 2. The van der Waals surface area contributed by atoms with Crippen LogP contribution in [0.25, 0.3) is 5.69 Å². The van der Waals surface area contributed by atoms with Crippen LogP contribution in [-0.2, 0) is 28.3 Å². The van der Waals surface area contributed by atoms with Gasteiger partial charge in [-0.3, -0.25) is 23.8 Å². The van der Waals surface area contributed by atoms with Crippen LogP contribution in [0.2, 0.25) is 0 Å². The minimum absolute atomic E-state index is 0.0629. The predicted octanol–water partition coefficient (Wildman–Crippen LogP) is 3.74. The van der Waals surface area contributed by atoms with Gasteiger partial charge in [-0.05, 0) is 66.9 Å². The van der Waals surface area contributed by atoms with Crippen molar-refractivity contribution in [2.45, 2.75) is 55.5 Å². The number of nitrogens with one attached hydrogen (secondary N) is 3. The Labute approximate surface area is 274 Å². The van der Waals surface area contributed by atoms with Crippen molar-refractivity contribution in [2.75, 3.05) is 4.72 Å². The summed E-state index contributed by atoms with van der Waals surface area (Å²) in [6.07, 6.45) is 6.27. The number of aliphatic carboxylic acids is 1. The van der Waals surface area contributed by atoms with Crippen LogP contribution in [0.3, 0.4) is 0 Å². The van der Waals surface area contributed by atoms with E-state index in [1.807, 2.05) is 0 Å². The van der Waals surface area contributed by atoms with Gasteiger partial charge in [0.15, 0.2) is 0 Å². The zero-order valence-corrected chi connectivity index (χ0v) is 26.6. The molecule has 15 heteroatoms. The third kappa shape index (κ3) is 7.79. The number of hydrogen-bond donors (Lipinski definition) is 4. The minimum atomic E-state index is -4.35. The van der Waals surface area contributed by atoms with E-state index in [2.05, 4.69) is 15.4 Å². The molecular weight excluding hydrogens is 648 g/mol. The van der Waals surface area contributed by atoms with Gasteiger partial charge in [-0.1, -0.05) is 31.4 Å². The monoisotopic (exact) mass is 681 g/mol. The molecule has 0 spiro atoms. The van der Waals surface area contributed by atoms with E-state index in [9.17, 15) is 32.7 Å². The van der Waals surface area contributed by atoms with Crippen molar-refractivity contribution in [3.8, 4) is 5.69 Å². The maximum atomic E-state index is 15.0. The summed E-state index contributed by atoms with van der Waals surface area (Å²) in [6.45, 7) is 0. The van der Waals surface area contributed by atoms with E-state index in [1.54, 1.807) is 42.2 Å². The van der Waals surface area contributed by atoms with Crippen molar-refractivity contribution >= 4 is 33.5 Å². The van der Waals surface area contributed by atoms with Gasteiger partial charge in [0.1, 0.15) is 23.2 Å². The molecule has 5 rings (SSSR count). The lowest BCUT2D eigenvalue weighted by molar-refractivity contribution is -0.139. The Bertz CT molecular complexity index is 1980. The largest absolute Gasteiger partial charge is 0.480 e.